The van der Waals surface area contributed by atoms with Crippen LogP contribution in [0.4, 0.5) is 14.9 Å². The van der Waals surface area contributed by atoms with Gasteiger partial charge in [-0.1, -0.05) is 17.9 Å². The van der Waals surface area contributed by atoms with Gasteiger partial charge in [0.2, 0.25) is 0 Å². The van der Waals surface area contributed by atoms with Crippen LogP contribution in [0.15, 0.2) is 48.5 Å². The minimum atomic E-state index is -1.13. The summed E-state index contributed by atoms with van der Waals surface area (Å²) in [7, 11) is 0. The topological polar surface area (TPSA) is 93.1 Å². The molecule has 32 heavy (non-hydrogen) atoms. The number of nitrogens with zero attached hydrogens (tertiary/aromatic N) is 2. The van der Waals surface area contributed by atoms with Crippen LogP contribution in [0.3, 0.4) is 0 Å². The number of urea groups is 1. The molecule has 8 heteroatoms. The molecule has 1 heterocycles. The average molecular weight is 439 g/mol. The van der Waals surface area contributed by atoms with Crippen molar-refractivity contribution in [2.75, 3.05) is 37.7 Å². The molecule has 168 valence electrons. The van der Waals surface area contributed by atoms with Gasteiger partial charge in [-0.05, 0) is 49.4 Å². The van der Waals surface area contributed by atoms with Gasteiger partial charge >= 0.3 is 6.03 Å². The van der Waals surface area contributed by atoms with Gasteiger partial charge < -0.3 is 25.3 Å². The number of aliphatic hydroxyl groups excluding tert-OH is 2. The molecule has 2 atom stereocenters. The third-order valence-corrected chi connectivity index (χ3v) is 5.24. The maximum Gasteiger partial charge on any atom is 0.318 e. The Morgan fingerprint density at radius 2 is 1.72 bits per heavy atom. The Hall–Kier alpha value is -3.41. The second kappa shape index (κ2) is 10.8. The van der Waals surface area contributed by atoms with Crippen LogP contribution >= 0.6 is 0 Å². The van der Waals surface area contributed by atoms with Gasteiger partial charge in [0.15, 0.2) is 5.78 Å². The van der Waals surface area contributed by atoms with Gasteiger partial charge in [0.05, 0.1) is 6.10 Å². The number of aliphatic hydroxyl groups is 2. The minimum absolute atomic E-state index is 0.318. The summed E-state index contributed by atoms with van der Waals surface area (Å²) in [5.41, 5.74) is 2.43. The van der Waals surface area contributed by atoms with Crippen LogP contribution in [0, 0.1) is 17.7 Å². The number of Topliss-reactive ketones (excluding diaryl/α,β-unsaturated/α-hetero) is 1. The van der Waals surface area contributed by atoms with Crippen LogP contribution < -0.4 is 10.2 Å². The third-order valence-electron chi connectivity index (χ3n) is 5.24. The van der Waals surface area contributed by atoms with Gasteiger partial charge in [0.25, 0.3) is 0 Å². The first-order chi connectivity index (χ1) is 15.4. The number of hydrogen-bond donors (Lipinski definition) is 3. The molecule has 0 unspecified atom stereocenters. The maximum atomic E-state index is 13.2. The molecule has 7 nitrogen and oxygen atoms in total. The van der Waals surface area contributed by atoms with Crippen LogP contribution in [-0.2, 0) is 4.79 Å². The van der Waals surface area contributed by atoms with Crippen molar-refractivity contribution < 1.29 is 24.2 Å². The lowest BCUT2D eigenvalue weighted by Crippen LogP contribution is -2.57. The summed E-state index contributed by atoms with van der Waals surface area (Å²) in [5.74, 6) is 5.01. The molecule has 0 bridgehead atoms. The summed E-state index contributed by atoms with van der Waals surface area (Å²) in [6.45, 7) is 2.76. The van der Waals surface area contributed by atoms with E-state index in [-0.39, 0.29) is 5.82 Å². The standard InChI is InChI=1S/C24H26FN3O4/c1-17(30)23(22(31)16-29)26-24(32)28-13-11-27(12-14-28)21-9-7-18(8-10-21)5-6-19-3-2-4-20(25)15-19/h2-4,7-10,15,17,23,29-30H,11-14,16H2,1H3,(H,26,32)/t17-,23+/m0/s1. The van der Waals surface area contributed by atoms with Gasteiger partial charge in [0, 0.05) is 43.0 Å². The summed E-state index contributed by atoms with van der Waals surface area (Å²) in [6, 6.07) is 12.3. The Balaban J connectivity index is 1.55. The second-order valence-electron chi connectivity index (χ2n) is 7.57. The van der Waals surface area contributed by atoms with Gasteiger partial charge in [-0.3, -0.25) is 4.79 Å². The van der Waals surface area contributed by atoms with E-state index in [2.05, 4.69) is 22.1 Å². The molecule has 0 saturated carbocycles. The molecule has 0 aliphatic carbocycles. The highest BCUT2D eigenvalue weighted by atomic mass is 19.1. The fraction of sp³-hybridized carbons (Fsp3) is 0.333. The monoisotopic (exact) mass is 439 g/mol. The molecule has 1 aliphatic rings. The number of carbonyl (C=O) groups excluding carboxylic acids is 2. The SMILES string of the molecule is C[C@H](O)[C@@H](NC(=O)N1CCN(c2ccc(C#Cc3cccc(F)c3)cc2)CC1)C(=O)CO. The molecule has 3 N–H and O–H groups in total. The quantitative estimate of drug-likeness (QED) is 0.612. The first-order valence-corrected chi connectivity index (χ1v) is 10.4. The first-order valence-electron chi connectivity index (χ1n) is 10.4. The largest absolute Gasteiger partial charge is 0.391 e. The van der Waals surface area contributed by atoms with E-state index in [0.29, 0.717) is 31.7 Å². The molecule has 0 radical (unpaired) electrons. The number of piperazine rings is 1. The first kappa shape index (κ1) is 23.3. The van der Waals surface area contributed by atoms with Crippen LogP contribution in [-0.4, -0.2) is 71.9 Å². The van der Waals surface area contributed by atoms with Crippen molar-refractivity contribution >= 4 is 17.5 Å². The number of ketones is 1. The van der Waals surface area contributed by atoms with Gasteiger partial charge in [0.1, 0.15) is 18.5 Å². The summed E-state index contributed by atoms with van der Waals surface area (Å²) < 4.78 is 13.2. The number of hydrogen-bond acceptors (Lipinski definition) is 5. The van der Waals surface area contributed by atoms with Gasteiger partial charge in [-0.15, -0.1) is 0 Å². The zero-order chi connectivity index (χ0) is 23.1. The fourth-order valence-corrected chi connectivity index (χ4v) is 3.43. The Morgan fingerprint density at radius 3 is 2.31 bits per heavy atom. The lowest BCUT2D eigenvalue weighted by atomic mass is 10.1. The van der Waals surface area contributed by atoms with Crippen LogP contribution in [0.5, 0.6) is 0 Å². The van der Waals surface area contributed by atoms with E-state index < -0.39 is 30.6 Å². The third kappa shape index (κ3) is 6.06. The van der Waals surface area contributed by atoms with Crippen molar-refractivity contribution in [2.45, 2.75) is 19.1 Å². The van der Waals surface area contributed by atoms with Crippen LogP contribution in [0.2, 0.25) is 0 Å². The summed E-state index contributed by atoms with van der Waals surface area (Å²) in [5, 5.41) is 21.2. The minimum Gasteiger partial charge on any atom is -0.391 e. The van der Waals surface area contributed by atoms with E-state index in [4.69, 9.17) is 5.11 Å². The molecule has 2 amide bonds. The molecule has 0 spiro atoms. The predicted molar refractivity (Wildman–Crippen MR) is 119 cm³/mol. The number of amides is 2. The molecular formula is C24H26FN3O4. The molecule has 2 aromatic rings. The highest BCUT2D eigenvalue weighted by molar-refractivity contribution is 5.89. The zero-order valence-electron chi connectivity index (χ0n) is 17.8. The lowest BCUT2D eigenvalue weighted by Gasteiger charge is -2.36. The molecular weight excluding hydrogens is 413 g/mol. The number of benzene rings is 2. The highest BCUT2D eigenvalue weighted by Crippen LogP contribution is 2.17. The van der Waals surface area contributed by atoms with E-state index in [1.807, 2.05) is 24.3 Å². The Labute approximate surface area is 186 Å². The second-order valence-corrected chi connectivity index (χ2v) is 7.57. The van der Waals surface area contributed by atoms with E-state index in [0.717, 1.165) is 11.3 Å². The van der Waals surface area contributed by atoms with E-state index in [1.54, 1.807) is 17.0 Å². The van der Waals surface area contributed by atoms with Crippen molar-refractivity contribution in [3.05, 3.63) is 65.5 Å². The predicted octanol–water partition coefficient (Wildman–Crippen LogP) is 1.37. The van der Waals surface area contributed by atoms with Crippen molar-refractivity contribution in [1.82, 2.24) is 10.2 Å². The zero-order valence-corrected chi connectivity index (χ0v) is 17.8. The number of rotatable bonds is 5. The van der Waals surface area contributed by atoms with E-state index in [1.165, 1.54) is 19.1 Å². The van der Waals surface area contributed by atoms with Crippen LogP contribution in [0.1, 0.15) is 18.1 Å². The van der Waals surface area contributed by atoms with E-state index >= 15 is 0 Å². The smallest absolute Gasteiger partial charge is 0.318 e. The van der Waals surface area contributed by atoms with Gasteiger partial charge in [-0.25, -0.2) is 9.18 Å². The Morgan fingerprint density at radius 1 is 1.06 bits per heavy atom. The van der Waals surface area contributed by atoms with Crippen molar-refractivity contribution in [1.29, 1.82) is 0 Å². The van der Waals surface area contributed by atoms with Gasteiger partial charge in [-0.2, -0.15) is 0 Å². The molecule has 2 aromatic carbocycles. The summed E-state index contributed by atoms with van der Waals surface area (Å²) in [6.07, 6.45) is -1.09. The summed E-state index contributed by atoms with van der Waals surface area (Å²) in [4.78, 5) is 27.9. The molecule has 1 saturated heterocycles. The Kier molecular flexibility index (Phi) is 7.82. The van der Waals surface area contributed by atoms with Crippen LogP contribution in [0.25, 0.3) is 0 Å². The Bertz CT molecular complexity index is 1010. The number of halogens is 1. The van der Waals surface area contributed by atoms with Crippen molar-refractivity contribution in [3.63, 3.8) is 0 Å². The number of carbonyl (C=O) groups is 2. The molecule has 0 aromatic heterocycles. The number of anilines is 1. The molecule has 3 rings (SSSR count). The normalized spacial score (nSPS) is 15.4. The summed E-state index contributed by atoms with van der Waals surface area (Å²) >= 11 is 0. The fourth-order valence-electron chi connectivity index (χ4n) is 3.43. The molecule has 1 fully saturated rings. The van der Waals surface area contributed by atoms with Crippen molar-refractivity contribution in [3.8, 4) is 11.8 Å². The average Bonchev–Trinajstić information content (AvgIpc) is 2.81. The molecule has 1 aliphatic heterocycles. The number of nitrogens with one attached hydrogen (secondary N) is 1. The maximum absolute atomic E-state index is 13.2. The highest BCUT2D eigenvalue weighted by Gasteiger charge is 2.28. The lowest BCUT2D eigenvalue weighted by molar-refractivity contribution is -0.125. The van der Waals surface area contributed by atoms with E-state index in [9.17, 15) is 19.1 Å². The van der Waals surface area contributed by atoms with Crippen molar-refractivity contribution in [2.24, 2.45) is 0 Å².